The van der Waals surface area contributed by atoms with E-state index < -0.39 is 0 Å². The number of pyridine rings is 1. The van der Waals surface area contributed by atoms with Crippen LogP contribution in [0.5, 0.6) is 0 Å². The van der Waals surface area contributed by atoms with Crippen molar-refractivity contribution in [1.29, 1.82) is 0 Å². The highest BCUT2D eigenvalue weighted by Gasteiger charge is 2.07. The maximum absolute atomic E-state index is 11.2. The summed E-state index contributed by atoms with van der Waals surface area (Å²) in [6.07, 6.45) is 3.79. The number of hydrogen-bond acceptors (Lipinski definition) is 3. The van der Waals surface area contributed by atoms with E-state index in [1.807, 2.05) is 25.3 Å². The summed E-state index contributed by atoms with van der Waals surface area (Å²) in [6.45, 7) is 2.03. The molecule has 2 aromatic rings. The van der Waals surface area contributed by atoms with Gasteiger partial charge in [-0.3, -0.25) is 9.78 Å². The van der Waals surface area contributed by atoms with Crippen LogP contribution in [0.4, 0.5) is 0 Å². The summed E-state index contributed by atoms with van der Waals surface area (Å²) in [5, 5.41) is 2.12. The van der Waals surface area contributed by atoms with Crippen molar-refractivity contribution in [3.63, 3.8) is 0 Å². The van der Waals surface area contributed by atoms with Gasteiger partial charge in [0.05, 0.1) is 13.5 Å². The number of rotatable bonds is 2. The molecule has 3 nitrogen and oxygen atoms in total. The van der Waals surface area contributed by atoms with Gasteiger partial charge >= 0.3 is 5.97 Å². The molecular formula is C13H13NO2. The third-order valence-electron chi connectivity index (χ3n) is 2.56. The van der Waals surface area contributed by atoms with Crippen LogP contribution in [0.2, 0.25) is 0 Å². The Labute approximate surface area is 94.1 Å². The van der Waals surface area contributed by atoms with Gasteiger partial charge in [-0.2, -0.15) is 0 Å². The molecule has 1 heterocycles. The zero-order chi connectivity index (χ0) is 11.5. The van der Waals surface area contributed by atoms with Crippen molar-refractivity contribution in [3.05, 3.63) is 41.7 Å². The van der Waals surface area contributed by atoms with Crippen molar-refractivity contribution in [2.75, 3.05) is 7.11 Å². The van der Waals surface area contributed by atoms with Crippen LogP contribution in [0, 0.1) is 6.92 Å². The van der Waals surface area contributed by atoms with Gasteiger partial charge in [-0.1, -0.05) is 17.7 Å². The van der Waals surface area contributed by atoms with E-state index in [9.17, 15) is 4.79 Å². The molecule has 0 atom stereocenters. The lowest BCUT2D eigenvalue weighted by molar-refractivity contribution is -0.139. The van der Waals surface area contributed by atoms with Crippen LogP contribution in [0.25, 0.3) is 10.8 Å². The van der Waals surface area contributed by atoms with Crippen molar-refractivity contribution >= 4 is 16.7 Å². The Bertz CT molecular complexity index is 534. The molecule has 0 saturated heterocycles. The first-order valence-electron chi connectivity index (χ1n) is 5.11. The zero-order valence-corrected chi connectivity index (χ0v) is 9.36. The molecule has 2 rings (SSSR count). The number of nitrogens with zero attached hydrogens (tertiary/aromatic N) is 1. The van der Waals surface area contributed by atoms with Gasteiger partial charge in [-0.25, -0.2) is 0 Å². The second-order valence-corrected chi connectivity index (χ2v) is 3.78. The Kier molecular flexibility index (Phi) is 2.86. The van der Waals surface area contributed by atoms with Gasteiger partial charge in [-0.05, 0) is 23.9 Å². The summed E-state index contributed by atoms with van der Waals surface area (Å²) >= 11 is 0. The molecule has 0 saturated carbocycles. The molecule has 0 N–H and O–H groups in total. The number of fused-ring (bicyclic) bond motifs is 1. The van der Waals surface area contributed by atoms with Gasteiger partial charge in [0.15, 0.2) is 0 Å². The number of methoxy groups -OCH3 is 1. The van der Waals surface area contributed by atoms with Crippen molar-refractivity contribution in [2.24, 2.45) is 0 Å². The number of hydrogen-bond donors (Lipinski definition) is 0. The van der Waals surface area contributed by atoms with Crippen molar-refractivity contribution in [3.8, 4) is 0 Å². The standard InChI is InChI=1S/C13H13NO2/c1-9-3-4-12-10(5-9)7-14-8-11(12)6-13(15)16-2/h3-5,7-8H,6H2,1-2H3. The number of esters is 1. The number of ether oxygens (including phenoxy) is 1. The first-order valence-corrected chi connectivity index (χ1v) is 5.11. The smallest absolute Gasteiger partial charge is 0.310 e. The maximum atomic E-state index is 11.2. The Morgan fingerprint density at radius 1 is 1.38 bits per heavy atom. The number of benzene rings is 1. The SMILES string of the molecule is COC(=O)Cc1cncc2cc(C)ccc12. The molecule has 0 unspecified atom stereocenters. The second-order valence-electron chi connectivity index (χ2n) is 3.78. The van der Waals surface area contributed by atoms with E-state index in [1.54, 1.807) is 6.20 Å². The van der Waals surface area contributed by atoms with Gasteiger partial charge in [-0.15, -0.1) is 0 Å². The first-order chi connectivity index (χ1) is 7.70. The molecule has 16 heavy (non-hydrogen) atoms. The molecule has 0 aliphatic rings. The normalized spacial score (nSPS) is 10.4. The van der Waals surface area contributed by atoms with Gasteiger partial charge in [0, 0.05) is 17.8 Å². The highest BCUT2D eigenvalue weighted by molar-refractivity contribution is 5.88. The minimum Gasteiger partial charge on any atom is -0.469 e. The molecular weight excluding hydrogens is 202 g/mol. The van der Waals surface area contributed by atoms with E-state index in [4.69, 9.17) is 0 Å². The average molecular weight is 215 g/mol. The van der Waals surface area contributed by atoms with E-state index in [2.05, 4.69) is 15.8 Å². The lowest BCUT2D eigenvalue weighted by Gasteiger charge is -2.05. The van der Waals surface area contributed by atoms with Gasteiger partial charge in [0.1, 0.15) is 0 Å². The molecule has 0 spiro atoms. The van der Waals surface area contributed by atoms with Gasteiger partial charge in [0.25, 0.3) is 0 Å². The van der Waals surface area contributed by atoms with E-state index in [-0.39, 0.29) is 12.4 Å². The maximum Gasteiger partial charge on any atom is 0.310 e. The Morgan fingerprint density at radius 2 is 2.19 bits per heavy atom. The molecule has 0 radical (unpaired) electrons. The predicted molar refractivity (Wildman–Crippen MR) is 62.2 cm³/mol. The fourth-order valence-corrected chi connectivity index (χ4v) is 1.73. The van der Waals surface area contributed by atoms with E-state index >= 15 is 0 Å². The number of carbonyl (C=O) groups is 1. The largest absolute Gasteiger partial charge is 0.469 e. The quantitative estimate of drug-likeness (QED) is 0.721. The fourth-order valence-electron chi connectivity index (χ4n) is 1.73. The Morgan fingerprint density at radius 3 is 2.94 bits per heavy atom. The summed E-state index contributed by atoms with van der Waals surface area (Å²) in [5.41, 5.74) is 2.09. The highest BCUT2D eigenvalue weighted by Crippen LogP contribution is 2.19. The number of carbonyl (C=O) groups excluding carboxylic acids is 1. The van der Waals surface area contributed by atoms with Crippen LogP contribution in [-0.4, -0.2) is 18.1 Å². The van der Waals surface area contributed by atoms with Crippen molar-refractivity contribution < 1.29 is 9.53 Å². The van der Waals surface area contributed by atoms with Crippen LogP contribution in [0.3, 0.4) is 0 Å². The Balaban J connectivity index is 2.49. The molecule has 1 aromatic carbocycles. The minimum absolute atomic E-state index is 0.241. The van der Waals surface area contributed by atoms with Crippen LogP contribution in [0.15, 0.2) is 30.6 Å². The molecule has 0 fully saturated rings. The van der Waals surface area contributed by atoms with Gasteiger partial charge in [0.2, 0.25) is 0 Å². The van der Waals surface area contributed by atoms with Crippen LogP contribution in [-0.2, 0) is 16.0 Å². The molecule has 3 heteroatoms. The monoisotopic (exact) mass is 215 g/mol. The Hall–Kier alpha value is -1.90. The third-order valence-corrected chi connectivity index (χ3v) is 2.56. The molecule has 0 bridgehead atoms. The highest BCUT2D eigenvalue weighted by atomic mass is 16.5. The lowest BCUT2D eigenvalue weighted by atomic mass is 10.0. The summed E-state index contributed by atoms with van der Waals surface area (Å²) in [6, 6.07) is 6.11. The van der Waals surface area contributed by atoms with Gasteiger partial charge < -0.3 is 4.74 Å². The molecule has 82 valence electrons. The summed E-state index contributed by atoms with van der Waals surface area (Å²) in [5.74, 6) is -0.241. The zero-order valence-electron chi connectivity index (χ0n) is 9.36. The summed E-state index contributed by atoms with van der Waals surface area (Å²) < 4.78 is 4.66. The molecule has 0 aliphatic heterocycles. The molecule has 1 aromatic heterocycles. The number of aromatic nitrogens is 1. The van der Waals surface area contributed by atoms with E-state index in [1.165, 1.54) is 12.7 Å². The summed E-state index contributed by atoms with van der Waals surface area (Å²) in [4.78, 5) is 15.4. The lowest BCUT2D eigenvalue weighted by Crippen LogP contribution is -2.05. The van der Waals surface area contributed by atoms with Crippen LogP contribution >= 0.6 is 0 Å². The van der Waals surface area contributed by atoms with Crippen LogP contribution in [0.1, 0.15) is 11.1 Å². The molecule has 0 amide bonds. The minimum atomic E-state index is -0.241. The average Bonchev–Trinajstić information content (AvgIpc) is 2.28. The third kappa shape index (κ3) is 2.03. The van der Waals surface area contributed by atoms with Crippen molar-refractivity contribution in [2.45, 2.75) is 13.3 Å². The van der Waals surface area contributed by atoms with E-state index in [0.717, 1.165) is 16.3 Å². The predicted octanol–water partition coefficient (Wildman–Crippen LogP) is 2.26. The molecule has 0 aliphatic carbocycles. The van der Waals surface area contributed by atoms with Crippen molar-refractivity contribution in [1.82, 2.24) is 4.98 Å². The van der Waals surface area contributed by atoms with E-state index in [0.29, 0.717) is 0 Å². The van der Waals surface area contributed by atoms with Crippen LogP contribution < -0.4 is 0 Å². The fraction of sp³-hybridized carbons (Fsp3) is 0.231. The first kappa shape index (κ1) is 10.6. The second kappa shape index (κ2) is 4.31. The topological polar surface area (TPSA) is 39.2 Å². The summed E-state index contributed by atoms with van der Waals surface area (Å²) in [7, 11) is 1.39. The number of aryl methyl sites for hydroxylation is 1.